The number of aromatic nitrogens is 2. The van der Waals surface area contributed by atoms with Gasteiger partial charge in [-0.3, -0.25) is 9.89 Å². The molecule has 6 nitrogen and oxygen atoms in total. The molecule has 0 saturated carbocycles. The number of carbonyl (C=O) groups excluding carboxylic acids is 1. The van der Waals surface area contributed by atoms with Gasteiger partial charge in [0.25, 0.3) is 5.91 Å². The molecule has 0 fully saturated rings. The van der Waals surface area contributed by atoms with Crippen LogP contribution < -0.4 is 4.74 Å². The SMILES string of the molecule is COCCN1C(=O)c2[nH]nc(-c3ccc(OC)cc3)c2C1c1ccc(Cl)c(Cl)c1. The highest BCUT2D eigenvalue weighted by Gasteiger charge is 2.42. The van der Waals surface area contributed by atoms with Crippen LogP contribution in [0, 0.1) is 0 Å². The predicted molar refractivity (Wildman–Crippen MR) is 112 cm³/mol. The van der Waals surface area contributed by atoms with E-state index in [0.717, 1.165) is 22.4 Å². The minimum absolute atomic E-state index is 0.125. The lowest BCUT2D eigenvalue weighted by Gasteiger charge is -2.26. The van der Waals surface area contributed by atoms with Gasteiger partial charge in [0.05, 0.1) is 35.5 Å². The van der Waals surface area contributed by atoms with Crippen molar-refractivity contribution in [1.29, 1.82) is 0 Å². The van der Waals surface area contributed by atoms with Gasteiger partial charge < -0.3 is 14.4 Å². The molecular weight excluding hydrogens is 413 g/mol. The summed E-state index contributed by atoms with van der Waals surface area (Å²) in [6.07, 6.45) is 0. The van der Waals surface area contributed by atoms with Gasteiger partial charge >= 0.3 is 0 Å². The number of fused-ring (bicyclic) bond motifs is 1. The molecule has 2 heterocycles. The number of halogens is 2. The summed E-state index contributed by atoms with van der Waals surface area (Å²) in [4.78, 5) is 14.9. The number of methoxy groups -OCH3 is 2. The van der Waals surface area contributed by atoms with Crippen LogP contribution in [-0.4, -0.2) is 48.4 Å². The maximum absolute atomic E-state index is 13.1. The van der Waals surface area contributed by atoms with Gasteiger partial charge in [0.2, 0.25) is 0 Å². The highest BCUT2D eigenvalue weighted by Crippen LogP contribution is 2.43. The van der Waals surface area contributed by atoms with Crippen molar-refractivity contribution in [2.45, 2.75) is 6.04 Å². The maximum Gasteiger partial charge on any atom is 0.273 e. The summed E-state index contributed by atoms with van der Waals surface area (Å²) in [5, 5.41) is 8.26. The monoisotopic (exact) mass is 431 g/mol. The summed E-state index contributed by atoms with van der Waals surface area (Å²) in [5.41, 5.74) is 3.75. The van der Waals surface area contributed by atoms with E-state index >= 15 is 0 Å². The molecule has 3 aromatic rings. The smallest absolute Gasteiger partial charge is 0.273 e. The lowest BCUT2D eigenvalue weighted by molar-refractivity contribution is 0.0677. The predicted octanol–water partition coefficient (Wildman–Crippen LogP) is 4.58. The molecule has 0 saturated heterocycles. The van der Waals surface area contributed by atoms with Gasteiger partial charge in [-0.1, -0.05) is 29.3 Å². The van der Waals surface area contributed by atoms with Gasteiger partial charge in [-0.25, -0.2) is 0 Å². The summed E-state index contributed by atoms with van der Waals surface area (Å²) in [5.74, 6) is 0.625. The lowest BCUT2D eigenvalue weighted by Crippen LogP contribution is -2.32. The van der Waals surface area contributed by atoms with Gasteiger partial charge in [-0.15, -0.1) is 0 Å². The highest BCUT2D eigenvalue weighted by atomic mass is 35.5. The van der Waals surface area contributed by atoms with Crippen LogP contribution in [0.1, 0.15) is 27.7 Å². The third-order valence-corrected chi connectivity index (χ3v) is 5.76. The average Bonchev–Trinajstić information content (AvgIpc) is 3.28. The van der Waals surface area contributed by atoms with Crippen molar-refractivity contribution in [3.63, 3.8) is 0 Å². The van der Waals surface area contributed by atoms with Crippen LogP contribution in [0.5, 0.6) is 5.75 Å². The van der Waals surface area contributed by atoms with Gasteiger partial charge in [-0.2, -0.15) is 5.10 Å². The van der Waals surface area contributed by atoms with Crippen molar-refractivity contribution in [3.8, 4) is 17.0 Å². The Labute approximate surface area is 178 Å². The molecule has 1 amide bonds. The Kier molecular flexibility index (Phi) is 5.50. The lowest BCUT2D eigenvalue weighted by atomic mass is 9.96. The average molecular weight is 432 g/mol. The minimum atomic E-state index is -0.349. The molecule has 0 spiro atoms. The molecule has 1 atom stereocenters. The Bertz CT molecular complexity index is 1050. The summed E-state index contributed by atoms with van der Waals surface area (Å²) in [7, 11) is 3.23. The van der Waals surface area contributed by atoms with Crippen LogP contribution >= 0.6 is 23.2 Å². The number of rotatable bonds is 6. The molecule has 1 N–H and O–H groups in total. The normalized spacial score (nSPS) is 15.7. The first-order chi connectivity index (χ1) is 14.0. The number of amides is 1. The van der Waals surface area contributed by atoms with E-state index in [9.17, 15) is 4.79 Å². The third kappa shape index (κ3) is 3.48. The van der Waals surface area contributed by atoms with Crippen molar-refractivity contribution >= 4 is 29.1 Å². The molecule has 4 rings (SSSR count). The molecule has 1 aliphatic rings. The number of carbonyl (C=O) groups is 1. The largest absolute Gasteiger partial charge is 0.497 e. The Balaban J connectivity index is 1.84. The van der Waals surface area contributed by atoms with E-state index in [4.69, 9.17) is 32.7 Å². The first-order valence-electron chi connectivity index (χ1n) is 9.02. The molecule has 0 radical (unpaired) electrons. The number of benzene rings is 2. The zero-order valence-corrected chi connectivity index (χ0v) is 17.4. The van der Waals surface area contributed by atoms with E-state index in [1.165, 1.54) is 0 Å². The zero-order chi connectivity index (χ0) is 20.5. The van der Waals surface area contributed by atoms with E-state index < -0.39 is 0 Å². The van der Waals surface area contributed by atoms with Crippen molar-refractivity contribution in [2.24, 2.45) is 0 Å². The van der Waals surface area contributed by atoms with E-state index in [0.29, 0.717) is 34.6 Å². The Morgan fingerprint density at radius 1 is 1.10 bits per heavy atom. The van der Waals surface area contributed by atoms with E-state index in [2.05, 4.69) is 10.2 Å². The van der Waals surface area contributed by atoms with E-state index in [1.807, 2.05) is 30.3 Å². The van der Waals surface area contributed by atoms with Crippen LogP contribution in [-0.2, 0) is 4.74 Å². The first kappa shape index (κ1) is 19.8. The molecule has 150 valence electrons. The molecule has 8 heteroatoms. The number of nitrogens with one attached hydrogen (secondary N) is 1. The molecule has 1 aliphatic heterocycles. The summed E-state index contributed by atoms with van der Waals surface area (Å²) in [6.45, 7) is 0.851. The minimum Gasteiger partial charge on any atom is -0.497 e. The topological polar surface area (TPSA) is 67.5 Å². The molecule has 2 aromatic carbocycles. The Morgan fingerprint density at radius 2 is 1.86 bits per heavy atom. The number of hydrogen-bond acceptors (Lipinski definition) is 4. The summed E-state index contributed by atoms with van der Waals surface area (Å²) >= 11 is 12.4. The van der Waals surface area contributed by atoms with Crippen LogP contribution in [0.3, 0.4) is 0 Å². The van der Waals surface area contributed by atoms with E-state index in [-0.39, 0.29) is 11.9 Å². The number of aromatic amines is 1. The van der Waals surface area contributed by atoms with E-state index in [1.54, 1.807) is 31.3 Å². The molecule has 0 bridgehead atoms. The highest BCUT2D eigenvalue weighted by molar-refractivity contribution is 6.42. The zero-order valence-electron chi connectivity index (χ0n) is 15.9. The molecule has 1 aromatic heterocycles. The number of nitrogens with zero attached hydrogens (tertiary/aromatic N) is 2. The summed E-state index contributed by atoms with van der Waals surface area (Å²) in [6, 6.07) is 12.6. The molecule has 29 heavy (non-hydrogen) atoms. The third-order valence-electron chi connectivity index (χ3n) is 5.02. The van der Waals surface area contributed by atoms with Crippen LogP contribution in [0.2, 0.25) is 10.0 Å². The number of hydrogen-bond donors (Lipinski definition) is 1. The Morgan fingerprint density at radius 3 is 2.52 bits per heavy atom. The molecule has 0 aliphatic carbocycles. The molecule has 1 unspecified atom stereocenters. The van der Waals surface area contributed by atoms with Crippen molar-refractivity contribution < 1.29 is 14.3 Å². The maximum atomic E-state index is 13.1. The standard InChI is InChI=1S/C21H19Cl2N3O3/c1-28-10-9-26-20(13-5-8-15(22)16(23)11-13)17-18(24-25-19(17)21(26)27)12-3-6-14(29-2)7-4-12/h3-8,11,20H,9-10H2,1-2H3,(H,24,25). The van der Waals surface area contributed by atoms with Crippen LogP contribution in [0.25, 0.3) is 11.3 Å². The van der Waals surface area contributed by atoms with Crippen LogP contribution in [0.15, 0.2) is 42.5 Å². The van der Waals surface area contributed by atoms with Gasteiger partial charge in [0.15, 0.2) is 0 Å². The van der Waals surface area contributed by atoms with Crippen LogP contribution in [0.4, 0.5) is 0 Å². The van der Waals surface area contributed by atoms with Gasteiger partial charge in [-0.05, 0) is 42.0 Å². The van der Waals surface area contributed by atoms with Crippen molar-refractivity contribution in [1.82, 2.24) is 15.1 Å². The number of H-pyrrole nitrogens is 1. The fraction of sp³-hybridized carbons (Fsp3) is 0.238. The second kappa shape index (κ2) is 8.06. The van der Waals surface area contributed by atoms with Crippen molar-refractivity contribution in [3.05, 3.63) is 69.3 Å². The fourth-order valence-corrected chi connectivity index (χ4v) is 3.92. The fourth-order valence-electron chi connectivity index (χ4n) is 3.61. The second-order valence-electron chi connectivity index (χ2n) is 6.66. The Hall–Kier alpha value is -2.54. The second-order valence-corrected chi connectivity index (χ2v) is 7.47. The summed E-state index contributed by atoms with van der Waals surface area (Å²) < 4.78 is 10.5. The molecular formula is C21H19Cl2N3O3. The quantitative estimate of drug-likeness (QED) is 0.619. The van der Waals surface area contributed by atoms with Gasteiger partial charge in [0.1, 0.15) is 11.4 Å². The first-order valence-corrected chi connectivity index (χ1v) is 9.78. The number of ether oxygens (including phenoxy) is 2. The van der Waals surface area contributed by atoms with Gasteiger partial charge in [0, 0.05) is 24.8 Å². The van der Waals surface area contributed by atoms with Crippen molar-refractivity contribution in [2.75, 3.05) is 27.4 Å².